The minimum absolute atomic E-state index is 0.456. The molecule has 0 bridgehead atoms. The molecule has 0 aliphatic heterocycles. The number of rotatable bonds is 3. The molecule has 14 heavy (non-hydrogen) atoms. The molecule has 0 fully saturated rings. The van der Waals surface area contributed by atoms with Crippen LogP contribution in [0.2, 0.25) is 0 Å². The van der Waals surface area contributed by atoms with Crippen molar-refractivity contribution in [2.24, 2.45) is 0 Å². The Morgan fingerprint density at radius 2 is 2.36 bits per heavy atom. The summed E-state index contributed by atoms with van der Waals surface area (Å²) < 4.78 is 0. The molecule has 3 N–H and O–H groups in total. The Bertz CT molecular complexity index is 438. The highest BCUT2D eigenvalue weighted by atomic mass is 32.2. The second-order valence-corrected chi connectivity index (χ2v) is 3.87. The van der Waals surface area contributed by atoms with E-state index in [1.807, 2.05) is 0 Å². The molecule has 2 rings (SSSR count). The van der Waals surface area contributed by atoms with E-state index in [0.717, 1.165) is 23.5 Å². The van der Waals surface area contributed by atoms with Crippen LogP contribution in [0.4, 0.5) is 5.82 Å². The molecule has 0 saturated heterocycles. The maximum absolute atomic E-state index is 5.67. The Morgan fingerprint density at radius 3 is 3.07 bits per heavy atom. The van der Waals surface area contributed by atoms with Gasteiger partial charge in [-0.05, 0) is 6.26 Å². The summed E-state index contributed by atoms with van der Waals surface area (Å²) in [5.74, 6) is 2.41. The third-order valence-corrected chi connectivity index (χ3v) is 2.52. The average molecular weight is 209 g/mol. The summed E-state index contributed by atoms with van der Waals surface area (Å²) in [5, 5.41) is 0. The Kier molecular flexibility index (Phi) is 2.53. The Balaban J connectivity index is 2.36. The second-order valence-electron chi connectivity index (χ2n) is 2.88. The van der Waals surface area contributed by atoms with Crippen molar-refractivity contribution in [2.75, 3.05) is 17.7 Å². The molecule has 0 amide bonds. The van der Waals surface area contributed by atoms with E-state index in [1.165, 1.54) is 6.33 Å². The third kappa shape index (κ3) is 1.65. The Labute approximate surface area is 85.5 Å². The van der Waals surface area contributed by atoms with Crippen molar-refractivity contribution in [2.45, 2.75) is 6.42 Å². The Hall–Kier alpha value is -1.30. The molecular formula is C8H11N5S. The summed E-state index contributed by atoms with van der Waals surface area (Å²) in [5.41, 5.74) is 7.06. The van der Waals surface area contributed by atoms with E-state index >= 15 is 0 Å². The standard InChI is InChI=1S/C8H11N5S/c1-14-3-2-5-12-6-7(9)10-4-11-8(6)13-5/h4H,2-3H2,1H3,(H3,9,10,11,12,13). The molecule has 74 valence electrons. The molecule has 0 aliphatic rings. The van der Waals surface area contributed by atoms with Crippen LogP contribution in [0, 0.1) is 0 Å². The fourth-order valence-electron chi connectivity index (χ4n) is 1.21. The van der Waals surface area contributed by atoms with E-state index in [0.29, 0.717) is 11.5 Å². The summed E-state index contributed by atoms with van der Waals surface area (Å²) in [7, 11) is 0. The second kappa shape index (κ2) is 3.83. The molecule has 0 atom stereocenters. The molecule has 2 heterocycles. The van der Waals surface area contributed by atoms with Gasteiger partial charge in [-0.3, -0.25) is 0 Å². The van der Waals surface area contributed by atoms with E-state index in [9.17, 15) is 0 Å². The van der Waals surface area contributed by atoms with Gasteiger partial charge in [-0.2, -0.15) is 11.8 Å². The number of aromatic amines is 1. The number of aromatic nitrogens is 4. The number of imidazole rings is 1. The first-order valence-corrected chi connectivity index (χ1v) is 5.64. The van der Waals surface area contributed by atoms with E-state index in [-0.39, 0.29) is 0 Å². The minimum Gasteiger partial charge on any atom is -0.382 e. The number of fused-ring (bicyclic) bond motifs is 1. The summed E-state index contributed by atoms with van der Waals surface area (Å²) in [4.78, 5) is 15.4. The molecule has 2 aromatic heterocycles. The monoisotopic (exact) mass is 209 g/mol. The number of nitrogens with two attached hydrogens (primary N) is 1. The van der Waals surface area contributed by atoms with E-state index < -0.39 is 0 Å². The number of thioether (sulfide) groups is 1. The van der Waals surface area contributed by atoms with Gasteiger partial charge in [0.15, 0.2) is 11.5 Å². The van der Waals surface area contributed by atoms with Gasteiger partial charge in [0.05, 0.1) is 0 Å². The van der Waals surface area contributed by atoms with Crippen LogP contribution in [0.1, 0.15) is 5.82 Å². The van der Waals surface area contributed by atoms with Crippen LogP contribution in [0.25, 0.3) is 11.2 Å². The molecule has 5 nitrogen and oxygen atoms in total. The van der Waals surface area contributed by atoms with Gasteiger partial charge in [0, 0.05) is 12.2 Å². The molecule has 0 spiro atoms. The number of nitrogens with zero attached hydrogens (tertiary/aromatic N) is 3. The molecular weight excluding hydrogens is 198 g/mol. The third-order valence-electron chi connectivity index (χ3n) is 1.91. The van der Waals surface area contributed by atoms with Crippen molar-refractivity contribution in [3.63, 3.8) is 0 Å². The zero-order chi connectivity index (χ0) is 9.97. The summed E-state index contributed by atoms with van der Waals surface area (Å²) in [6, 6.07) is 0. The number of aryl methyl sites for hydroxylation is 1. The van der Waals surface area contributed by atoms with Crippen molar-refractivity contribution < 1.29 is 0 Å². The van der Waals surface area contributed by atoms with Gasteiger partial charge in [-0.1, -0.05) is 0 Å². The van der Waals surface area contributed by atoms with Crippen molar-refractivity contribution in [1.29, 1.82) is 0 Å². The lowest BCUT2D eigenvalue weighted by Gasteiger charge is -1.91. The summed E-state index contributed by atoms with van der Waals surface area (Å²) in [6.07, 6.45) is 4.39. The highest BCUT2D eigenvalue weighted by Gasteiger charge is 2.06. The predicted molar refractivity (Wildman–Crippen MR) is 58.2 cm³/mol. The first-order chi connectivity index (χ1) is 6.81. The van der Waals surface area contributed by atoms with Gasteiger partial charge < -0.3 is 10.7 Å². The average Bonchev–Trinajstić information content (AvgIpc) is 2.59. The van der Waals surface area contributed by atoms with Crippen molar-refractivity contribution in [3.8, 4) is 0 Å². The first kappa shape index (κ1) is 9.26. The molecule has 0 radical (unpaired) electrons. The highest BCUT2D eigenvalue weighted by Crippen LogP contribution is 2.13. The SMILES string of the molecule is CSCCc1nc2ncnc(N)c2[nH]1. The number of hydrogen-bond donors (Lipinski definition) is 2. The van der Waals surface area contributed by atoms with Crippen molar-refractivity contribution in [3.05, 3.63) is 12.2 Å². The lowest BCUT2D eigenvalue weighted by atomic mass is 10.5. The number of nitrogens with one attached hydrogen (secondary N) is 1. The zero-order valence-corrected chi connectivity index (χ0v) is 8.64. The maximum atomic E-state index is 5.67. The van der Waals surface area contributed by atoms with Crippen molar-refractivity contribution in [1.82, 2.24) is 19.9 Å². The van der Waals surface area contributed by atoms with Gasteiger partial charge in [0.2, 0.25) is 0 Å². The normalized spacial score (nSPS) is 10.9. The van der Waals surface area contributed by atoms with Crippen LogP contribution in [0.5, 0.6) is 0 Å². The molecule has 0 aromatic carbocycles. The van der Waals surface area contributed by atoms with Gasteiger partial charge in [-0.25, -0.2) is 15.0 Å². The number of nitrogen functional groups attached to an aromatic ring is 1. The van der Waals surface area contributed by atoms with Crippen molar-refractivity contribution >= 4 is 28.7 Å². The minimum atomic E-state index is 0.456. The smallest absolute Gasteiger partial charge is 0.183 e. The van der Waals surface area contributed by atoms with E-state index in [4.69, 9.17) is 5.73 Å². The fraction of sp³-hybridized carbons (Fsp3) is 0.375. The number of H-pyrrole nitrogens is 1. The Morgan fingerprint density at radius 1 is 1.50 bits per heavy atom. The predicted octanol–water partition coefficient (Wildman–Crippen LogP) is 0.841. The highest BCUT2D eigenvalue weighted by molar-refractivity contribution is 7.98. The molecule has 0 unspecified atom stereocenters. The maximum Gasteiger partial charge on any atom is 0.183 e. The molecule has 6 heteroatoms. The molecule has 2 aromatic rings. The van der Waals surface area contributed by atoms with Crippen LogP contribution in [0.3, 0.4) is 0 Å². The molecule has 0 aliphatic carbocycles. The van der Waals surface area contributed by atoms with Crippen LogP contribution >= 0.6 is 11.8 Å². The van der Waals surface area contributed by atoms with E-state index in [1.54, 1.807) is 11.8 Å². The molecule has 0 saturated carbocycles. The van der Waals surface area contributed by atoms with Gasteiger partial charge >= 0.3 is 0 Å². The van der Waals surface area contributed by atoms with Crippen LogP contribution in [-0.2, 0) is 6.42 Å². The number of anilines is 1. The van der Waals surface area contributed by atoms with Crippen LogP contribution in [0.15, 0.2) is 6.33 Å². The summed E-state index contributed by atoms with van der Waals surface area (Å²) >= 11 is 1.78. The van der Waals surface area contributed by atoms with Gasteiger partial charge in [-0.15, -0.1) is 0 Å². The fourth-order valence-corrected chi connectivity index (χ4v) is 1.61. The lowest BCUT2D eigenvalue weighted by Crippen LogP contribution is -1.92. The zero-order valence-electron chi connectivity index (χ0n) is 7.82. The largest absolute Gasteiger partial charge is 0.382 e. The lowest BCUT2D eigenvalue weighted by molar-refractivity contribution is 1.01. The van der Waals surface area contributed by atoms with Gasteiger partial charge in [0.1, 0.15) is 17.7 Å². The summed E-state index contributed by atoms with van der Waals surface area (Å²) in [6.45, 7) is 0. The van der Waals surface area contributed by atoms with Crippen LogP contribution in [-0.4, -0.2) is 31.9 Å². The number of hydrogen-bond acceptors (Lipinski definition) is 5. The van der Waals surface area contributed by atoms with Crippen LogP contribution < -0.4 is 5.73 Å². The first-order valence-electron chi connectivity index (χ1n) is 4.25. The quantitative estimate of drug-likeness (QED) is 0.783. The topological polar surface area (TPSA) is 80.5 Å². The van der Waals surface area contributed by atoms with E-state index in [2.05, 4.69) is 26.2 Å². The van der Waals surface area contributed by atoms with Gasteiger partial charge in [0.25, 0.3) is 0 Å².